The van der Waals surface area contributed by atoms with Gasteiger partial charge in [0.1, 0.15) is 0 Å². The van der Waals surface area contributed by atoms with Crippen LogP contribution in [-0.2, 0) is 26.0 Å². The Bertz CT molecular complexity index is 842. The van der Waals surface area contributed by atoms with Crippen LogP contribution >= 0.6 is 0 Å². The number of sulfonamides is 1. The molecule has 0 aliphatic carbocycles. The lowest BCUT2D eigenvalue weighted by Gasteiger charge is -2.38. The van der Waals surface area contributed by atoms with E-state index in [1.54, 1.807) is 18.2 Å². The number of amides is 1. The van der Waals surface area contributed by atoms with Gasteiger partial charge in [0, 0.05) is 18.6 Å². The molecular weight excluding hydrogens is 368 g/mol. The van der Waals surface area contributed by atoms with Crippen molar-refractivity contribution in [2.45, 2.75) is 51.6 Å². The highest BCUT2D eigenvalue weighted by Crippen LogP contribution is 2.31. The third-order valence-corrected chi connectivity index (χ3v) is 6.56. The van der Waals surface area contributed by atoms with Gasteiger partial charge in [-0.25, -0.2) is 13.2 Å². The number of fused-ring (bicyclic) bond motifs is 1. The van der Waals surface area contributed by atoms with Gasteiger partial charge in [-0.3, -0.25) is 9.10 Å². The molecule has 148 valence electrons. The number of hydrogen-bond donors (Lipinski definition) is 0. The second-order valence-corrected chi connectivity index (χ2v) is 9.34. The molecule has 1 aromatic carbocycles. The number of anilines is 1. The van der Waals surface area contributed by atoms with E-state index in [-0.39, 0.29) is 24.6 Å². The molecule has 2 aliphatic rings. The summed E-state index contributed by atoms with van der Waals surface area (Å²) in [6.45, 7) is 4.13. The molecule has 0 aromatic heterocycles. The molecule has 2 aliphatic heterocycles. The molecule has 0 spiro atoms. The van der Waals surface area contributed by atoms with Crippen LogP contribution in [0.5, 0.6) is 0 Å². The van der Waals surface area contributed by atoms with Crippen molar-refractivity contribution in [1.29, 1.82) is 0 Å². The molecule has 0 unspecified atom stereocenters. The second kappa shape index (κ2) is 7.50. The number of ether oxygens (including phenoxy) is 1. The first-order valence-electron chi connectivity index (χ1n) is 9.27. The summed E-state index contributed by atoms with van der Waals surface area (Å²) in [5.74, 6) is -0.742. The molecule has 1 fully saturated rings. The lowest BCUT2D eigenvalue weighted by atomic mass is 9.97. The summed E-state index contributed by atoms with van der Waals surface area (Å²) < 4.78 is 30.1. The van der Waals surface area contributed by atoms with E-state index < -0.39 is 16.0 Å². The van der Waals surface area contributed by atoms with Crippen LogP contribution in [0.2, 0.25) is 0 Å². The number of hydrogen-bond acceptors (Lipinski definition) is 5. The number of piperidine rings is 1. The van der Waals surface area contributed by atoms with Crippen LogP contribution in [0, 0.1) is 0 Å². The lowest BCUT2D eigenvalue weighted by molar-refractivity contribution is -0.140. The normalized spacial score (nSPS) is 22.5. The maximum absolute atomic E-state index is 12.5. The Labute approximate surface area is 160 Å². The van der Waals surface area contributed by atoms with Crippen molar-refractivity contribution >= 4 is 27.6 Å². The van der Waals surface area contributed by atoms with Crippen molar-refractivity contribution in [1.82, 2.24) is 4.90 Å². The van der Waals surface area contributed by atoms with Crippen LogP contribution < -0.4 is 4.31 Å². The maximum atomic E-state index is 12.5. The molecule has 3 rings (SSSR count). The number of nitrogens with zero attached hydrogens (tertiary/aromatic N) is 2. The van der Waals surface area contributed by atoms with Crippen LogP contribution in [0.1, 0.15) is 49.0 Å². The fourth-order valence-corrected chi connectivity index (χ4v) is 5.00. The van der Waals surface area contributed by atoms with Gasteiger partial charge in [0.15, 0.2) is 6.61 Å². The zero-order valence-corrected chi connectivity index (χ0v) is 16.8. The second-order valence-electron chi connectivity index (χ2n) is 7.43. The van der Waals surface area contributed by atoms with Gasteiger partial charge in [-0.2, -0.15) is 0 Å². The van der Waals surface area contributed by atoms with Gasteiger partial charge in [0.05, 0.1) is 17.5 Å². The molecule has 2 atom stereocenters. The van der Waals surface area contributed by atoms with E-state index in [9.17, 15) is 18.0 Å². The number of esters is 1. The predicted molar refractivity (Wildman–Crippen MR) is 102 cm³/mol. The Morgan fingerprint density at radius 2 is 1.85 bits per heavy atom. The minimum Gasteiger partial charge on any atom is -0.452 e. The van der Waals surface area contributed by atoms with Gasteiger partial charge in [-0.05, 0) is 63.3 Å². The van der Waals surface area contributed by atoms with Gasteiger partial charge < -0.3 is 9.64 Å². The number of likely N-dealkylation sites (tertiary alicyclic amines) is 1. The molecule has 0 radical (unpaired) electrons. The molecule has 0 bridgehead atoms. The molecule has 0 saturated carbocycles. The predicted octanol–water partition coefficient (Wildman–Crippen LogP) is 1.96. The Morgan fingerprint density at radius 1 is 1.19 bits per heavy atom. The van der Waals surface area contributed by atoms with E-state index in [0.29, 0.717) is 24.2 Å². The lowest BCUT2D eigenvalue weighted by Crippen LogP contribution is -2.49. The third-order valence-electron chi connectivity index (χ3n) is 5.38. The third kappa shape index (κ3) is 4.10. The fourth-order valence-electron chi connectivity index (χ4n) is 4.04. The Kier molecular flexibility index (Phi) is 5.46. The van der Waals surface area contributed by atoms with E-state index in [2.05, 4.69) is 0 Å². The highest BCUT2D eigenvalue weighted by Gasteiger charge is 2.30. The van der Waals surface area contributed by atoms with Crippen LogP contribution in [0.4, 0.5) is 5.69 Å². The van der Waals surface area contributed by atoms with E-state index >= 15 is 0 Å². The van der Waals surface area contributed by atoms with Crippen molar-refractivity contribution in [3.05, 3.63) is 29.3 Å². The molecule has 27 heavy (non-hydrogen) atoms. The molecule has 8 heteroatoms. The highest BCUT2D eigenvalue weighted by molar-refractivity contribution is 7.92. The number of carbonyl (C=O) groups excluding carboxylic acids is 2. The summed E-state index contributed by atoms with van der Waals surface area (Å²) in [5, 5.41) is 0. The van der Waals surface area contributed by atoms with Gasteiger partial charge in [0.25, 0.3) is 5.91 Å². The number of carbonyl (C=O) groups is 2. The van der Waals surface area contributed by atoms with Crippen LogP contribution in [0.25, 0.3) is 0 Å². The fraction of sp³-hybridized carbons (Fsp3) is 0.579. The number of benzene rings is 1. The Balaban J connectivity index is 1.65. The number of rotatable bonds is 4. The quantitative estimate of drug-likeness (QED) is 0.729. The summed E-state index contributed by atoms with van der Waals surface area (Å²) in [6, 6.07) is 5.13. The van der Waals surface area contributed by atoms with Crippen molar-refractivity contribution in [3.63, 3.8) is 0 Å². The minimum atomic E-state index is -3.33. The SMILES string of the molecule is C[C@@H]1CCC[C@H](C)N1C(=O)COC(=O)c1ccc2c(c1)CCN2S(C)(=O)=O. The van der Waals surface area contributed by atoms with Crippen molar-refractivity contribution in [2.24, 2.45) is 0 Å². The van der Waals surface area contributed by atoms with Gasteiger partial charge >= 0.3 is 5.97 Å². The summed E-state index contributed by atoms with van der Waals surface area (Å²) in [7, 11) is -3.33. The van der Waals surface area contributed by atoms with Crippen LogP contribution in [0.15, 0.2) is 18.2 Å². The average molecular weight is 394 g/mol. The van der Waals surface area contributed by atoms with E-state index in [4.69, 9.17) is 4.74 Å². The first-order chi connectivity index (χ1) is 12.7. The molecule has 7 nitrogen and oxygen atoms in total. The summed E-state index contributed by atoms with van der Waals surface area (Å²) >= 11 is 0. The first-order valence-corrected chi connectivity index (χ1v) is 11.1. The van der Waals surface area contributed by atoms with Crippen molar-refractivity contribution < 1.29 is 22.7 Å². The Hall–Kier alpha value is -2.09. The van der Waals surface area contributed by atoms with Crippen molar-refractivity contribution in [3.8, 4) is 0 Å². The van der Waals surface area contributed by atoms with Gasteiger partial charge in [0.2, 0.25) is 10.0 Å². The standard InChI is InChI=1S/C19H26N2O5S/c1-13-5-4-6-14(2)21(13)18(22)12-26-19(23)16-7-8-17-15(11-16)9-10-20(17)27(3,24)25/h7-8,11,13-14H,4-6,9-10,12H2,1-3H3/t13-,14+. The molecule has 1 saturated heterocycles. The van der Waals surface area contributed by atoms with Crippen LogP contribution in [-0.4, -0.2) is 56.7 Å². The smallest absolute Gasteiger partial charge is 0.338 e. The highest BCUT2D eigenvalue weighted by atomic mass is 32.2. The summed E-state index contributed by atoms with van der Waals surface area (Å²) in [6.07, 6.45) is 4.74. The summed E-state index contributed by atoms with van der Waals surface area (Å²) in [4.78, 5) is 26.6. The molecule has 0 N–H and O–H groups in total. The summed E-state index contributed by atoms with van der Waals surface area (Å²) in [5.41, 5.74) is 1.72. The van der Waals surface area contributed by atoms with E-state index in [1.165, 1.54) is 10.6 Å². The first kappa shape index (κ1) is 19.7. The van der Waals surface area contributed by atoms with Gasteiger partial charge in [-0.1, -0.05) is 0 Å². The zero-order valence-electron chi connectivity index (χ0n) is 16.0. The minimum absolute atomic E-state index is 0.155. The molecule has 2 heterocycles. The van der Waals surface area contributed by atoms with Crippen molar-refractivity contribution in [2.75, 3.05) is 23.7 Å². The van der Waals surface area contributed by atoms with E-state index in [1.807, 2.05) is 18.7 Å². The van der Waals surface area contributed by atoms with Crippen LogP contribution in [0.3, 0.4) is 0 Å². The maximum Gasteiger partial charge on any atom is 0.338 e. The average Bonchev–Trinajstić information content (AvgIpc) is 3.03. The molecular formula is C19H26N2O5S. The van der Waals surface area contributed by atoms with E-state index in [0.717, 1.165) is 24.8 Å². The monoisotopic (exact) mass is 394 g/mol. The zero-order chi connectivity index (χ0) is 19.8. The largest absolute Gasteiger partial charge is 0.452 e. The Morgan fingerprint density at radius 3 is 2.48 bits per heavy atom. The molecule has 1 aromatic rings. The topological polar surface area (TPSA) is 84.0 Å². The van der Waals surface area contributed by atoms with Gasteiger partial charge in [-0.15, -0.1) is 0 Å². The molecule has 1 amide bonds.